The van der Waals surface area contributed by atoms with Gasteiger partial charge in [-0.25, -0.2) is 13.2 Å². The minimum atomic E-state index is -4.85. The minimum Gasteiger partial charge on any atom is -0.483 e. The van der Waals surface area contributed by atoms with E-state index in [-0.39, 0.29) is 35.0 Å². The van der Waals surface area contributed by atoms with Crippen LogP contribution in [0.3, 0.4) is 0 Å². The highest BCUT2D eigenvalue weighted by Gasteiger charge is 2.35. The van der Waals surface area contributed by atoms with E-state index < -0.39 is 93.6 Å². The van der Waals surface area contributed by atoms with Gasteiger partial charge in [0, 0.05) is 12.5 Å². The van der Waals surface area contributed by atoms with Gasteiger partial charge in [-0.05, 0) is 60.5 Å². The first-order chi connectivity index (χ1) is 26.6. The fraction of sp³-hybridized carbons (Fsp3) is 0.333. The Morgan fingerprint density at radius 3 is 1.66 bits per heavy atom. The predicted octanol–water partition coefficient (Wildman–Crippen LogP) is 8.74. The lowest BCUT2D eigenvalue weighted by molar-refractivity contribution is -0.154. The maximum Gasteiger partial charge on any atom is 0.422 e. The van der Waals surface area contributed by atoms with Crippen molar-refractivity contribution in [3.63, 3.8) is 0 Å². The van der Waals surface area contributed by atoms with Gasteiger partial charge in [0.2, 0.25) is 5.13 Å². The monoisotopic (exact) mass is 884 g/mol. The molecule has 0 spiro atoms. The number of carbonyl (C=O) groups excluding carboxylic acids is 1. The van der Waals surface area contributed by atoms with Crippen molar-refractivity contribution in [2.45, 2.75) is 55.8 Å². The number of carboxylic acid groups (broad SMARTS) is 1. The summed E-state index contributed by atoms with van der Waals surface area (Å²) in [6.07, 6.45) is -19.1. The number of sulfonamides is 1. The number of ether oxygens (including phenoxy) is 2. The first-order valence-electron chi connectivity index (χ1n) is 15.8. The van der Waals surface area contributed by atoms with Crippen LogP contribution < -0.4 is 19.5 Å². The number of hydrogen-bond acceptors (Lipinski definition) is 9. The Morgan fingerprint density at radius 1 is 0.741 bits per heavy atom. The summed E-state index contributed by atoms with van der Waals surface area (Å²) in [6, 6.07) is 8.50. The summed E-state index contributed by atoms with van der Waals surface area (Å²) < 4.78 is 185. The molecule has 1 aromatic heterocycles. The zero-order valence-corrected chi connectivity index (χ0v) is 31.0. The van der Waals surface area contributed by atoms with Crippen LogP contribution in [0.25, 0.3) is 0 Å². The van der Waals surface area contributed by atoms with Gasteiger partial charge in [0.25, 0.3) is 15.9 Å². The summed E-state index contributed by atoms with van der Waals surface area (Å²) in [5.41, 5.74) is -3.25. The van der Waals surface area contributed by atoms with Gasteiger partial charge < -0.3 is 19.9 Å². The van der Waals surface area contributed by atoms with E-state index in [0.29, 0.717) is 34.8 Å². The Morgan fingerprint density at radius 2 is 1.22 bits per heavy atom. The number of anilines is 1. The van der Waals surface area contributed by atoms with Crippen molar-refractivity contribution < 1.29 is 85.3 Å². The lowest BCUT2D eigenvalue weighted by Crippen LogP contribution is -2.27. The number of rotatable bonds is 13. The van der Waals surface area contributed by atoms with Gasteiger partial charge in [-0.15, -0.1) is 10.2 Å². The second kappa shape index (κ2) is 18.5. The van der Waals surface area contributed by atoms with Crippen LogP contribution in [0.4, 0.5) is 57.8 Å². The summed E-state index contributed by atoms with van der Waals surface area (Å²) in [5, 5.41) is 19.6. The molecule has 0 radical (unpaired) electrons. The van der Waals surface area contributed by atoms with Crippen LogP contribution in [-0.4, -0.2) is 67.7 Å². The third kappa shape index (κ3) is 14.6. The summed E-state index contributed by atoms with van der Waals surface area (Å²) in [7, 11) is -3.93. The highest BCUT2D eigenvalue weighted by Crippen LogP contribution is 2.35. The Balaban J connectivity index is 0.000000397. The summed E-state index contributed by atoms with van der Waals surface area (Å²) >= 11 is 1.11. The normalized spacial score (nSPS) is 12.4. The fourth-order valence-corrected chi connectivity index (χ4v) is 6.23. The molecule has 0 saturated heterocycles. The molecule has 25 heteroatoms. The molecule has 0 unspecified atom stereocenters. The van der Waals surface area contributed by atoms with Crippen LogP contribution in [0, 0.1) is 0 Å². The van der Waals surface area contributed by atoms with Gasteiger partial charge >= 0.3 is 30.7 Å². The third-order valence-electron chi connectivity index (χ3n) is 6.96. The number of carbonyl (C=O) groups is 2. The van der Waals surface area contributed by atoms with Crippen molar-refractivity contribution in [2.24, 2.45) is 0 Å². The van der Waals surface area contributed by atoms with E-state index in [4.69, 9.17) is 5.11 Å². The van der Waals surface area contributed by atoms with E-state index in [1.54, 1.807) is 0 Å². The first-order valence-corrected chi connectivity index (χ1v) is 18.1. The van der Waals surface area contributed by atoms with E-state index >= 15 is 0 Å². The molecular formula is C33H28F12N4O7S2. The van der Waals surface area contributed by atoms with Crippen molar-refractivity contribution in [2.75, 3.05) is 24.5 Å². The number of hydrogen-bond donors (Lipinski definition) is 3. The van der Waals surface area contributed by atoms with Crippen LogP contribution >= 0.6 is 11.3 Å². The molecule has 0 bridgehead atoms. The average Bonchev–Trinajstić information content (AvgIpc) is 3.57. The number of aromatic nitrogens is 2. The number of amides is 1. The Hall–Kier alpha value is -5.33. The number of benzene rings is 3. The zero-order valence-electron chi connectivity index (χ0n) is 29.3. The third-order valence-corrected chi connectivity index (χ3v) is 9.59. The largest absolute Gasteiger partial charge is 0.483 e. The number of carboxylic acids is 1. The van der Waals surface area contributed by atoms with E-state index in [1.165, 1.54) is 24.3 Å². The van der Waals surface area contributed by atoms with Gasteiger partial charge in [-0.3, -0.25) is 9.52 Å². The Kier molecular flexibility index (Phi) is 15.0. The van der Waals surface area contributed by atoms with E-state index in [2.05, 4.69) is 29.7 Å². The highest BCUT2D eigenvalue weighted by molar-refractivity contribution is 7.93. The number of nitrogens with one attached hydrogen (secondary N) is 2. The molecule has 0 atom stereocenters. The maximum absolute atomic E-state index is 13.0. The lowest BCUT2D eigenvalue weighted by atomic mass is 10.1. The molecule has 3 aromatic carbocycles. The molecule has 0 aliphatic carbocycles. The molecule has 4 rings (SSSR count). The van der Waals surface area contributed by atoms with Crippen molar-refractivity contribution >= 4 is 38.4 Å². The van der Waals surface area contributed by atoms with Gasteiger partial charge in [0.15, 0.2) is 13.2 Å². The summed E-state index contributed by atoms with van der Waals surface area (Å²) in [4.78, 5) is 23.1. The van der Waals surface area contributed by atoms with Gasteiger partial charge in [-0.1, -0.05) is 37.3 Å². The standard InChI is InChI=1S/C23H22F6N4O4S2.C10H6F6O3/c1-13(2)20-31-32-21(38-20)33-39(35,36)16-6-3-14(4-7-16)9-10-30-19(34)17-8-5-15(23(27,28)29)11-18(17)37-12-22(24,25)26;11-9(12,13)4-19-7-3-5(10(14,15)16)1-2-6(7)8(17)18/h3-8,11,13H,9-10,12H2,1-2H3,(H,30,34)(H,32,33);1-3H,4H2,(H,17,18). The van der Waals surface area contributed by atoms with E-state index in [1.807, 2.05) is 13.8 Å². The molecule has 318 valence electrons. The smallest absolute Gasteiger partial charge is 0.422 e. The molecule has 0 aliphatic heterocycles. The molecule has 3 N–H and O–H groups in total. The van der Waals surface area contributed by atoms with Crippen molar-refractivity contribution in [1.82, 2.24) is 15.5 Å². The molecule has 1 heterocycles. The van der Waals surface area contributed by atoms with Crippen LogP contribution in [0.15, 0.2) is 65.6 Å². The topological polar surface area (TPSA) is 157 Å². The molecule has 0 aliphatic rings. The second-order valence-electron chi connectivity index (χ2n) is 11.9. The predicted molar refractivity (Wildman–Crippen MR) is 180 cm³/mol. The van der Waals surface area contributed by atoms with Gasteiger partial charge in [0.05, 0.1) is 21.6 Å². The van der Waals surface area contributed by atoms with E-state index in [9.17, 15) is 70.7 Å². The Labute approximate surface area is 324 Å². The van der Waals surface area contributed by atoms with Crippen molar-refractivity contribution in [3.05, 3.63) is 93.5 Å². The highest BCUT2D eigenvalue weighted by atomic mass is 32.2. The van der Waals surface area contributed by atoms with Crippen molar-refractivity contribution in [3.8, 4) is 11.5 Å². The zero-order chi connectivity index (χ0) is 43.9. The fourth-order valence-electron chi connectivity index (χ4n) is 4.25. The first kappa shape index (κ1) is 47.0. The molecular weight excluding hydrogens is 856 g/mol. The van der Waals surface area contributed by atoms with Crippen LogP contribution in [0.5, 0.6) is 11.5 Å². The van der Waals surface area contributed by atoms with Crippen molar-refractivity contribution in [1.29, 1.82) is 0 Å². The number of halogens is 12. The molecule has 4 aromatic rings. The SMILES string of the molecule is CC(C)c1nnc(NS(=O)(=O)c2ccc(CCNC(=O)c3ccc(C(F)(F)F)cc3OCC(F)(F)F)cc2)s1.O=C(O)c1ccc(C(F)(F)F)cc1OCC(F)(F)F. The molecule has 11 nitrogen and oxygen atoms in total. The van der Waals surface area contributed by atoms with Gasteiger partial charge in [0.1, 0.15) is 22.1 Å². The summed E-state index contributed by atoms with van der Waals surface area (Å²) in [6.45, 7) is -0.0227. The maximum atomic E-state index is 13.0. The quantitative estimate of drug-likeness (QED) is 0.112. The average molecular weight is 885 g/mol. The molecule has 1 amide bonds. The van der Waals surface area contributed by atoms with Crippen LogP contribution in [0.1, 0.15) is 62.2 Å². The number of aromatic carboxylic acids is 1. The van der Waals surface area contributed by atoms with Crippen LogP contribution in [0.2, 0.25) is 0 Å². The number of nitrogens with zero attached hydrogens (tertiary/aromatic N) is 2. The van der Waals surface area contributed by atoms with Gasteiger partial charge in [-0.2, -0.15) is 52.7 Å². The summed E-state index contributed by atoms with van der Waals surface area (Å²) in [5.74, 6) is -4.40. The molecule has 58 heavy (non-hydrogen) atoms. The number of alkyl halides is 12. The Bertz CT molecular complexity index is 2150. The minimum absolute atomic E-state index is 0.0483. The van der Waals surface area contributed by atoms with Crippen LogP contribution in [-0.2, 0) is 28.8 Å². The molecule has 0 fully saturated rings. The van der Waals surface area contributed by atoms with E-state index in [0.717, 1.165) is 17.4 Å². The molecule has 0 saturated carbocycles. The lowest BCUT2D eigenvalue weighted by Gasteiger charge is -2.15. The second-order valence-corrected chi connectivity index (χ2v) is 14.6.